The van der Waals surface area contributed by atoms with Crippen molar-refractivity contribution in [1.82, 2.24) is 10.2 Å². The monoisotopic (exact) mass is 643 g/mol. The molecule has 0 bridgehead atoms. The van der Waals surface area contributed by atoms with Crippen LogP contribution in [-0.2, 0) is 32.6 Å². The molecule has 7 nitrogen and oxygen atoms in total. The molecule has 0 aliphatic carbocycles. The molecular weight excluding hydrogens is 601 g/mol. The van der Waals surface area contributed by atoms with Crippen LogP contribution in [0.3, 0.4) is 0 Å². The Labute approximate surface area is 272 Å². The van der Waals surface area contributed by atoms with Crippen molar-refractivity contribution in [2.24, 2.45) is 0 Å². The number of nitrogens with zero attached hydrogens (tertiary/aromatic N) is 2. The SMILES string of the molecule is CCCCNC(=O)[C@@H](Cc1ccccc1)N(Cc1ccccc1F)C(=O)CN(c1cc(C)ccc1C)S(=O)(=O)c1ccc(C)cc1. The Morgan fingerprint density at radius 2 is 1.50 bits per heavy atom. The summed E-state index contributed by atoms with van der Waals surface area (Å²) in [5.74, 6) is -1.54. The average Bonchev–Trinajstić information content (AvgIpc) is 3.04. The van der Waals surface area contributed by atoms with Crippen LogP contribution in [0.2, 0.25) is 0 Å². The topological polar surface area (TPSA) is 86.8 Å². The first-order valence-corrected chi connectivity index (χ1v) is 17.0. The zero-order chi connectivity index (χ0) is 33.3. The highest BCUT2D eigenvalue weighted by Crippen LogP contribution is 2.29. The van der Waals surface area contributed by atoms with Gasteiger partial charge in [0.1, 0.15) is 18.4 Å². The lowest BCUT2D eigenvalue weighted by Gasteiger charge is -2.34. The molecule has 0 aliphatic heterocycles. The standard InChI is InChI=1S/C37H42FN3O4S/c1-5-6-22-39-37(43)35(24-30-12-8-7-9-13-30)40(25-31-14-10-11-15-33(31)38)36(42)26-41(34-23-28(3)16-19-29(34)4)46(44,45)32-20-17-27(2)18-21-32/h7-21,23,35H,5-6,22,24-26H2,1-4H3,(H,39,43)/t35-/m1/s1. The lowest BCUT2D eigenvalue weighted by Crippen LogP contribution is -2.53. The maximum atomic E-state index is 15.1. The number of carbonyl (C=O) groups excluding carboxylic acids is 2. The van der Waals surface area contributed by atoms with Crippen molar-refractivity contribution in [1.29, 1.82) is 0 Å². The molecule has 9 heteroatoms. The molecule has 46 heavy (non-hydrogen) atoms. The van der Waals surface area contributed by atoms with E-state index >= 15 is 4.39 Å². The van der Waals surface area contributed by atoms with Gasteiger partial charge in [-0.2, -0.15) is 0 Å². The van der Waals surface area contributed by atoms with Crippen molar-refractivity contribution in [2.75, 3.05) is 17.4 Å². The Kier molecular flexibility index (Phi) is 11.7. The first-order chi connectivity index (χ1) is 22.0. The van der Waals surface area contributed by atoms with Crippen LogP contribution in [0.15, 0.2) is 102 Å². The summed E-state index contributed by atoms with van der Waals surface area (Å²) in [6.07, 6.45) is 1.77. The fourth-order valence-corrected chi connectivity index (χ4v) is 6.68. The first-order valence-electron chi connectivity index (χ1n) is 15.5. The summed E-state index contributed by atoms with van der Waals surface area (Å²) in [4.78, 5) is 29.7. The van der Waals surface area contributed by atoms with Gasteiger partial charge in [-0.25, -0.2) is 12.8 Å². The summed E-state index contributed by atoms with van der Waals surface area (Å²) in [5.41, 5.74) is 3.75. The van der Waals surface area contributed by atoms with E-state index in [0.29, 0.717) is 17.8 Å². The van der Waals surface area contributed by atoms with E-state index in [1.165, 1.54) is 23.1 Å². The number of nitrogens with one attached hydrogen (secondary N) is 1. The fourth-order valence-electron chi connectivity index (χ4n) is 5.21. The van der Waals surface area contributed by atoms with E-state index in [-0.39, 0.29) is 29.3 Å². The predicted molar refractivity (Wildman–Crippen MR) is 180 cm³/mol. The smallest absolute Gasteiger partial charge is 0.264 e. The van der Waals surface area contributed by atoms with Gasteiger partial charge in [0, 0.05) is 25.1 Å². The van der Waals surface area contributed by atoms with Crippen LogP contribution in [-0.4, -0.2) is 44.3 Å². The number of benzene rings is 4. The van der Waals surface area contributed by atoms with E-state index in [4.69, 9.17) is 0 Å². The molecule has 0 aromatic heterocycles. The highest BCUT2D eigenvalue weighted by molar-refractivity contribution is 7.92. The first kappa shape index (κ1) is 34.4. The van der Waals surface area contributed by atoms with Crippen LogP contribution in [0.4, 0.5) is 10.1 Å². The summed E-state index contributed by atoms with van der Waals surface area (Å²) in [7, 11) is -4.23. The largest absolute Gasteiger partial charge is 0.354 e. The van der Waals surface area contributed by atoms with E-state index in [1.807, 2.05) is 63.2 Å². The van der Waals surface area contributed by atoms with Crippen molar-refractivity contribution >= 4 is 27.5 Å². The maximum Gasteiger partial charge on any atom is 0.264 e. The lowest BCUT2D eigenvalue weighted by atomic mass is 10.0. The molecule has 0 saturated heterocycles. The van der Waals surface area contributed by atoms with Gasteiger partial charge in [0.15, 0.2) is 0 Å². The number of amides is 2. The Morgan fingerprint density at radius 3 is 2.17 bits per heavy atom. The van der Waals surface area contributed by atoms with Crippen LogP contribution in [0.1, 0.15) is 47.6 Å². The number of hydrogen-bond acceptors (Lipinski definition) is 4. The third-order valence-electron chi connectivity index (χ3n) is 7.92. The summed E-state index contributed by atoms with van der Waals surface area (Å²) < 4.78 is 44.7. The minimum Gasteiger partial charge on any atom is -0.354 e. The second-order valence-corrected chi connectivity index (χ2v) is 13.4. The molecule has 0 radical (unpaired) electrons. The molecule has 2 amide bonds. The van der Waals surface area contributed by atoms with Gasteiger partial charge in [0.05, 0.1) is 10.6 Å². The number of rotatable bonds is 14. The highest BCUT2D eigenvalue weighted by Gasteiger charge is 2.35. The van der Waals surface area contributed by atoms with E-state index < -0.39 is 34.3 Å². The summed E-state index contributed by atoms with van der Waals surface area (Å²) >= 11 is 0. The molecule has 242 valence electrons. The van der Waals surface area contributed by atoms with Gasteiger partial charge in [0.2, 0.25) is 11.8 Å². The fraction of sp³-hybridized carbons (Fsp3) is 0.297. The van der Waals surface area contributed by atoms with Crippen molar-refractivity contribution in [3.63, 3.8) is 0 Å². The molecule has 0 saturated carbocycles. The predicted octanol–water partition coefficient (Wildman–Crippen LogP) is 6.50. The van der Waals surface area contributed by atoms with Crippen LogP contribution in [0.5, 0.6) is 0 Å². The molecule has 0 fully saturated rings. The number of halogens is 1. The van der Waals surface area contributed by atoms with Crippen LogP contribution in [0, 0.1) is 26.6 Å². The Morgan fingerprint density at radius 1 is 0.848 bits per heavy atom. The van der Waals surface area contributed by atoms with Gasteiger partial charge >= 0.3 is 0 Å². The molecule has 0 aliphatic rings. The minimum atomic E-state index is -4.23. The van der Waals surface area contributed by atoms with Crippen molar-refractivity contribution in [2.45, 2.75) is 64.4 Å². The normalized spacial score (nSPS) is 11.9. The summed E-state index contributed by atoms with van der Waals surface area (Å²) in [6, 6.07) is 26.2. The Hall–Kier alpha value is -4.50. The summed E-state index contributed by atoms with van der Waals surface area (Å²) in [6.45, 7) is 7.10. The molecule has 0 spiro atoms. The van der Waals surface area contributed by atoms with Gasteiger partial charge < -0.3 is 10.2 Å². The zero-order valence-electron chi connectivity index (χ0n) is 26.9. The number of hydrogen-bond donors (Lipinski definition) is 1. The Bertz CT molecular complexity index is 1740. The maximum absolute atomic E-state index is 15.1. The average molecular weight is 644 g/mol. The molecule has 1 N–H and O–H groups in total. The highest BCUT2D eigenvalue weighted by atomic mass is 32.2. The van der Waals surface area contributed by atoms with Crippen LogP contribution in [0.25, 0.3) is 0 Å². The van der Waals surface area contributed by atoms with Crippen molar-refractivity contribution < 1.29 is 22.4 Å². The Balaban J connectivity index is 1.83. The van der Waals surface area contributed by atoms with Crippen molar-refractivity contribution in [3.05, 3.63) is 131 Å². The van der Waals surface area contributed by atoms with Crippen LogP contribution < -0.4 is 9.62 Å². The van der Waals surface area contributed by atoms with Crippen LogP contribution >= 0.6 is 0 Å². The van der Waals surface area contributed by atoms with E-state index in [0.717, 1.165) is 33.8 Å². The van der Waals surface area contributed by atoms with E-state index in [2.05, 4.69) is 5.32 Å². The van der Waals surface area contributed by atoms with E-state index in [9.17, 15) is 18.0 Å². The van der Waals surface area contributed by atoms with Gasteiger partial charge in [-0.3, -0.25) is 13.9 Å². The third-order valence-corrected chi connectivity index (χ3v) is 9.69. The van der Waals surface area contributed by atoms with Crippen molar-refractivity contribution in [3.8, 4) is 0 Å². The van der Waals surface area contributed by atoms with Gasteiger partial charge in [-0.15, -0.1) is 0 Å². The molecule has 1 atom stereocenters. The molecule has 4 aromatic rings. The molecule has 4 rings (SSSR count). The molecule has 4 aromatic carbocycles. The quantitative estimate of drug-likeness (QED) is 0.159. The lowest BCUT2D eigenvalue weighted by molar-refractivity contribution is -0.140. The molecule has 0 unspecified atom stereocenters. The number of aryl methyl sites for hydroxylation is 3. The number of carbonyl (C=O) groups is 2. The number of sulfonamides is 1. The van der Waals surface area contributed by atoms with Gasteiger partial charge in [-0.1, -0.05) is 91.7 Å². The van der Waals surface area contributed by atoms with Gasteiger partial charge in [-0.05, 0) is 68.1 Å². The zero-order valence-corrected chi connectivity index (χ0v) is 27.7. The second-order valence-electron chi connectivity index (χ2n) is 11.6. The van der Waals surface area contributed by atoms with E-state index in [1.54, 1.807) is 43.3 Å². The number of unbranched alkanes of at least 4 members (excludes halogenated alkanes) is 1. The number of anilines is 1. The minimum absolute atomic E-state index is 0.0330. The van der Waals surface area contributed by atoms with Gasteiger partial charge in [0.25, 0.3) is 10.0 Å². The summed E-state index contributed by atoms with van der Waals surface area (Å²) in [5, 5.41) is 2.94. The molecule has 0 heterocycles. The third kappa shape index (κ3) is 8.60. The molecular formula is C37H42FN3O4S. The second kappa shape index (κ2) is 15.7.